The van der Waals surface area contributed by atoms with Crippen LogP contribution in [0.3, 0.4) is 0 Å². The van der Waals surface area contributed by atoms with Gasteiger partial charge in [0, 0.05) is 19.4 Å². The normalized spacial score (nSPS) is 21.9. The van der Waals surface area contributed by atoms with Crippen LogP contribution in [-0.2, 0) is 23.9 Å². The first-order valence-electron chi connectivity index (χ1n) is 10.00. The van der Waals surface area contributed by atoms with Crippen molar-refractivity contribution < 1.29 is 29.0 Å². The summed E-state index contributed by atoms with van der Waals surface area (Å²) in [6.45, 7) is 4.84. The van der Waals surface area contributed by atoms with Crippen molar-refractivity contribution in [2.45, 2.75) is 52.0 Å². The molecule has 8 heteroatoms. The molecule has 0 bridgehead atoms. The first kappa shape index (κ1) is 24.1. The minimum Gasteiger partial charge on any atom is -0.463 e. The molecule has 0 fully saturated rings. The van der Waals surface area contributed by atoms with Crippen molar-refractivity contribution in [2.75, 3.05) is 33.0 Å². The van der Waals surface area contributed by atoms with Crippen LogP contribution in [0.1, 0.15) is 46.0 Å². The number of rotatable bonds is 8. The molecule has 1 aliphatic heterocycles. The molecule has 28 heavy (non-hydrogen) atoms. The lowest BCUT2D eigenvalue weighted by atomic mass is 9.97. The minimum atomic E-state index is -0.493. The second kappa shape index (κ2) is 14.1. The smallest absolute Gasteiger partial charge is 0.305 e. The molecule has 2 atom stereocenters. The Hall–Kier alpha value is -1.93. The Kier molecular flexibility index (Phi) is 12.2. The Labute approximate surface area is 167 Å². The molecule has 0 aromatic carbocycles. The summed E-state index contributed by atoms with van der Waals surface area (Å²) in [6, 6.07) is -0.293. The van der Waals surface area contributed by atoms with Crippen LogP contribution in [-0.4, -0.2) is 61.9 Å². The van der Waals surface area contributed by atoms with Crippen molar-refractivity contribution in [1.29, 1.82) is 0 Å². The molecule has 0 radical (unpaired) electrons. The minimum absolute atomic E-state index is 0.0607. The number of ether oxygens (including phenoxy) is 2. The molecule has 160 valence electrons. The van der Waals surface area contributed by atoms with Gasteiger partial charge in [-0.3, -0.25) is 14.4 Å². The summed E-state index contributed by atoms with van der Waals surface area (Å²) in [7, 11) is 0. The van der Waals surface area contributed by atoms with Crippen LogP contribution in [0.25, 0.3) is 0 Å². The number of carbonyl (C=O) groups excluding carboxylic acids is 3. The predicted octanol–water partition coefficient (Wildman–Crippen LogP) is 0.932. The Morgan fingerprint density at radius 2 is 2.14 bits per heavy atom. The third-order valence-electron chi connectivity index (χ3n) is 4.50. The molecule has 0 spiro atoms. The molecular weight excluding hydrogens is 364 g/mol. The largest absolute Gasteiger partial charge is 0.463 e. The van der Waals surface area contributed by atoms with E-state index in [2.05, 4.69) is 10.6 Å². The molecule has 0 aliphatic carbocycles. The molecule has 0 aromatic heterocycles. The Balaban J connectivity index is 2.67. The molecule has 2 amide bonds. The first-order valence-corrected chi connectivity index (χ1v) is 10.00. The number of nitrogens with one attached hydrogen (secondary N) is 2. The number of hydrogen-bond acceptors (Lipinski definition) is 6. The average Bonchev–Trinajstić information content (AvgIpc) is 2.66. The number of aliphatic hydroxyl groups is 1. The summed E-state index contributed by atoms with van der Waals surface area (Å²) in [5, 5.41) is 14.3. The molecule has 1 aliphatic rings. The highest BCUT2D eigenvalue weighted by atomic mass is 16.5. The van der Waals surface area contributed by atoms with Gasteiger partial charge in [-0.2, -0.15) is 0 Å². The highest BCUT2D eigenvalue weighted by Crippen LogP contribution is 2.14. The number of cyclic esters (lactones) is 1. The summed E-state index contributed by atoms with van der Waals surface area (Å²) in [4.78, 5) is 36.7. The average molecular weight is 399 g/mol. The van der Waals surface area contributed by atoms with Gasteiger partial charge in [0.05, 0.1) is 31.8 Å². The van der Waals surface area contributed by atoms with E-state index in [1.807, 2.05) is 26.0 Å². The fourth-order valence-corrected chi connectivity index (χ4v) is 2.71. The fraction of sp³-hybridized carbons (Fsp3) is 0.750. The number of aliphatic hydroxyl groups excluding tert-OH is 1. The Morgan fingerprint density at radius 3 is 2.86 bits per heavy atom. The van der Waals surface area contributed by atoms with Gasteiger partial charge in [-0.1, -0.05) is 26.0 Å². The summed E-state index contributed by atoms with van der Waals surface area (Å²) in [5.41, 5.74) is 0. The third kappa shape index (κ3) is 10.4. The number of esters is 1. The van der Waals surface area contributed by atoms with E-state index in [1.165, 1.54) is 0 Å². The molecule has 8 nitrogen and oxygen atoms in total. The van der Waals surface area contributed by atoms with E-state index < -0.39 is 5.92 Å². The zero-order chi connectivity index (χ0) is 20.8. The van der Waals surface area contributed by atoms with E-state index in [1.54, 1.807) is 0 Å². The summed E-state index contributed by atoms with van der Waals surface area (Å²) in [5.74, 6) is -1.10. The van der Waals surface area contributed by atoms with Crippen molar-refractivity contribution in [3.8, 4) is 0 Å². The zero-order valence-corrected chi connectivity index (χ0v) is 16.9. The van der Waals surface area contributed by atoms with E-state index >= 15 is 0 Å². The van der Waals surface area contributed by atoms with Gasteiger partial charge in [0.1, 0.15) is 6.61 Å². The first-order chi connectivity index (χ1) is 13.4. The van der Waals surface area contributed by atoms with Crippen LogP contribution < -0.4 is 10.6 Å². The third-order valence-corrected chi connectivity index (χ3v) is 4.50. The monoisotopic (exact) mass is 398 g/mol. The second-order valence-corrected chi connectivity index (χ2v) is 7.23. The maximum absolute atomic E-state index is 12.7. The Morgan fingerprint density at radius 1 is 1.36 bits per heavy atom. The van der Waals surface area contributed by atoms with E-state index in [4.69, 9.17) is 14.6 Å². The number of hydrogen-bond donors (Lipinski definition) is 3. The van der Waals surface area contributed by atoms with Gasteiger partial charge in [0.2, 0.25) is 11.8 Å². The second-order valence-electron chi connectivity index (χ2n) is 7.23. The lowest BCUT2D eigenvalue weighted by Crippen LogP contribution is -2.45. The van der Waals surface area contributed by atoms with E-state index in [0.29, 0.717) is 32.4 Å². The molecule has 1 rings (SSSR count). The highest BCUT2D eigenvalue weighted by Gasteiger charge is 2.25. The van der Waals surface area contributed by atoms with Gasteiger partial charge in [-0.15, -0.1) is 0 Å². The summed E-state index contributed by atoms with van der Waals surface area (Å²) < 4.78 is 10.4. The zero-order valence-electron chi connectivity index (χ0n) is 16.9. The maximum atomic E-state index is 12.7. The van der Waals surface area contributed by atoms with Gasteiger partial charge in [0.25, 0.3) is 0 Å². The molecule has 2 unspecified atom stereocenters. The lowest BCUT2D eigenvalue weighted by molar-refractivity contribution is -0.145. The van der Waals surface area contributed by atoms with Crippen LogP contribution in [0, 0.1) is 11.8 Å². The van der Waals surface area contributed by atoms with Gasteiger partial charge < -0.3 is 25.2 Å². The topological polar surface area (TPSA) is 114 Å². The van der Waals surface area contributed by atoms with Gasteiger partial charge >= 0.3 is 5.97 Å². The SMILES string of the molecule is CC(C)C1COC(=O)CCCC=CCC(CC(=O)NCCOCCO)C(=O)N1. The van der Waals surface area contributed by atoms with Crippen LogP contribution in [0.4, 0.5) is 0 Å². The van der Waals surface area contributed by atoms with Crippen LogP contribution in [0.15, 0.2) is 12.2 Å². The number of allylic oxidation sites excluding steroid dienone is 2. The van der Waals surface area contributed by atoms with E-state index in [9.17, 15) is 14.4 Å². The molecular formula is C20H34N2O6. The van der Waals surface area contributed by atoms with Crippen LogP contribution in [0.5, 0.6) is 0 Å². The van der Waals surface area contributed by atoms with Crippen LogP contribution >= 0.6 is 0 Å². The molecule has 0 saturated carbocycles. The quantitative estimate of drug-likeness (QED) is 0.318. The summed E-state index contributed by atoms with van der Waals surface area (Å²) in [6.07, 6.45) is 6.14. The van der Waals surface area contributed by atoms with Crippen molar-refractivity contribution in [3.05, 3.63) is 12.2 Å². The van der Waals surface area contributed by atoms with E-state index in [0.717, 1.165) is 6.42 Å². The van der Waals surface area contributed by atoms with E-state index in [-0.39, 0.29) is 56.0 Å². The van der Waals surface area contributed by atoms with Crippen molar-refractivity contribution in [2.24, 2.45) is 11.8 Å². The number of amides is 2. The standard InChI is InChI=1S/C20H34N2O6/c1-15(2)17-14-28-19(25)8-6-4-3-5-7-16(20(26)22-17)13-18(24)21-9-11-27-12-10-23/h3,5,15-17,23H,4,6-14H2,1-2H3,(H,21,24)(H,22,26). The maximum Gasteiger partial charge on any atom is 0.305 e. The Bertz CT molecular complexity index is 521. The van der Waals surface area contributed by atoms with Crippen molar-refractivity contribution >= 4 is 17.8 Å². The fourth-order valence-electron chi connectivity index (χ4n) is 2.71. The lowest BCUT2D eigenvalue weighted by Gasteiger charge is -2.24. The molecule has 3 N–H and O–H groups in total. The predicted molar refractivity (Wildman–Crippen MR) is 104 cm³/mol. The molecule has 1 heterocycles. The molecule has 0 saturated heterocycles. The molecule has 0 aromatic rings. The number of carbonyl (C=O) groups is 3. The van der Waals surface area contributed by atoms with Crippen LogP contribution in [0.2, 0.25) is 0 Å². The highest BCUT2D eigenvalue weighted by molar-refractivity contribution is 5.86. The van der Waals surface area contributed by atoms with Crippen molar-refractivity contribution in [1.82, 2.24) is 10.6 Å². The van der Waals surface area contributed by atoms with Crippen molar-refractivity contribution in [3.63, 3.8) is 0 Å². The van der Waals surface area contributed by atoms with Gasteiger partial charge in [-0.25, -0.2) is 0 Å². The summed E-state index contributed by atoms with van der Waals surface area (Å²) >= 11 is 0. The van der Waals surface area contributed by atoms with Gasteiger partial charge in [0.15, 0.2) is 0 Å². The van der Waals surface area contributed by atoms with Gasteiger partial charge in [-0.05, 0) is 25.2 Å².